The summed E-state index contributed by atoms with van der Waals surface area (Å²) in [6, 6.07) is 5.51. The summed E-state index contributed by atoms with van der Waals surface area (Å²) in [7, 11) is 2.00. The zero-order chi connectivity index (χ0) is 12.3. The van der Waals surface area contributed by atoms with E-state index in [-0.39, 0.29) is 5.82 Å². The van der Waals surface area contributed by atoms with Gasteiger partial charge in [0.05, 0.1) is 0 Å². The Morgan fingerprint density at radius 3 is 2.65 bits per heavy atom. The highest BCUT2D eigenvalue weighted by Gasteiger charge is 2.21. The Bertz CT molecular complexity index is 369. The lowest BCUT2D eigenvalue weighted by Crippen LogP contribution is -2.20. The van der Waals surface area contributed by atoms with Crippen LogP contribution in [0.5, 0.6) is 0 Å². The maximum atomic E-state index is 13.1. The molecule has 2 rings (SSSR count). The van der Waals surface area contributed by atoms with E-state index in [1.165, 1.54) is 37.7 Å². The summed E-state index contributed by atoms with van der Waals surface area (Å²) in [5, 5.41) is 3.38. The minimum absolute atomic E-state index is 0.137. The molecule has 0 bridgehead atoms. The van der Waals surface area contributed by atoms with Crippen LogP contribution in [-0.4, -0.2) is 7.05 Å². The SMILES string of the molecule is CNC(CC1CCCC1)c1ccc(F)cc1C. The molecule has 1 aromatic carbocycles. The number of rotatable bonds is 4. The first-order valence-electron chi connectivity index (χ1n) is 6.64. The second kappa shape index (κ2) is 5.63. The Kier molecular flexibility index (Phi) is 4.16. The molecule has 0 amide bonds. The molecular weight excluding hydrogens is 213 g/mol. The Hall–Kier alpha value is -0.890. The lowest BCUT2D eigenvalue weighted by molar-refractivity contribution is 0.412. The van der Waals surface area contributed by atoms with Crippen LogP contribution in [0.15, 0.2) is 18.2 Å². The van der Waals surface area contributed by atoms with E-state index in [0.29, 0.717) is 6.04 Å². The molecule has 0 spiro atoms. The topological polar surface area (TPSA) is 12.0 Å². The van der Waals surface area contributed by atoms with Gasteiger partial charge in [-0.3, -0.25) is 0 Å². The van der Waals surface area contributed by atoms with Crippen LogP contribution in [0.2, 0.25) is 0 Å². The highest BCUT2D eigenvalue weighted by molar-refractivity contribution is 5.29. The molecule has 1 atom stereocenters. The van der Waals surface area contributed by atoms with Crippen LogP contribution in [0.1, 0.15) is 49.3 Å². The summed E-state index contributed by atoms with van der Waals surface area (Å²) in [5.74, 6) is 0.707. The lowest BCUT2D eigenvalue weighted by Gasteiger charge is -2.22. The zero-order valence-corrected chi connectivity index (χ0v) is 10.8. The highest BCUT2D eigenvalue weighted by atomic mass is 19.1. The van der Waals surface area contributed by atoms with Crippen molar-refractivity contribution in [1.29, 1.82) is 0 Å². The van der Waals surface area contributed by atoms with E-state index in [0.717, 1.165) is 11.5 Å². The summed E-state index contributed by atoms with van der Waals surface area (Å²) in [6.45, 7) is 2.00. The number of halogens is 1. The van der Waals surface area contributed by atoms with E-state index in [1.807, 2.05) is 20.0 Å². The minimum atomic E-state index is -0.137. The number of nitrogens with one attached hydrogen (secondary N) is 1. The third kappa shape index (κ3) is 3.06. The van der Waals surface area contributed by atoms with Crippen molar-refractivity contribution < 1.29 is 4.39 Å². The van der Waals surface area contributed by atoms with Gasteiger partial charge in [-0.1, -0.05) is 31.7 Å². The first kappa shape index (κ1) is 12.6. The van der Waals surface area contributed by atoms with Crippen molar-refractivity contribution in [3.8, 4) is 0 Å². The van der Waals surface area contributed by atoms with E-state index in [2.05, 4.69) is 5.32 Å². The predicted molar refractivity (Wildman–Crippen MR) is 69.5 cm³/mol. The van der Waals surface area contributed by atoms with Crippen molar-refractivity contribution in [2.75, 3.05) is 7.05 Å². The van der Waals surface area contributed by atoms with Gasteiger partial charge in [0.15, 0.2) is 0 Å². The largest absolute Gasteiger partial charge is 0.313 e. The van der Waals surface area contributed by atoms with E-state index < -0.39 is 0 Å². The van der Waals surface area contributed by atoms with Gasteiger partial charge >= 0.3 is 0 Å². The molecule has 1 aliphatic rings. The molecule has 0 aromatic heterocycles. The predicted octanol–water partition coefficient (Wildman–Crippen LogP) is 3.97. The first-order chi connectivity index (χ1) is 8.20. The number of hydrogen-bond acceptors (Lipinski definition) is 1. The van der Waals surface area contributed by atoms with E-state index in [9.17, 15) is 4.39 Å². The van der Waals surface area contributed by atoms with Crippen molar-refractivity contribution in [1.82, 2.24) is 5.32 Å². The lowest BCUT2D eigenvalue weighted by atomic mass is 9.91. The number of aryl methyl sites for hydroxylation is 1. The van der Waals surface area contributed by atoms with Gasteiger partial charge in [0.25, 0.3) is 0 Å². The summed E-state index contributed by atoms with van der Waals surface area (Å²) in [4.78, 5) is 0. The fourth-order valence-corrected chi connectivity index (χ4v) is 3.01. The molecular formula is C15H22FN. The monoisotopic (exact) mass is 235 g/mol. The van der Waals surface area contributed by atoms with Crippen LogP contribution in [-0.2, 0) is 0 Å². The fourth-order valence-electron chi connectivity index (χ4n) is 3.01. The minimum Gasteiger partial charge on any atom is -0.313 e. The molecule has 17 heavy (non-hydrogen) atoms. The molecule has 1 saturated carbocycles. The average molecular weight is 235 g/mol. The van der Waals surface area contributed by atoms with Gasteiger partial charge in [0.2, 0.25) is 0 Å². The number of benzene rings is 1. The maximum absolute atomic E-state index is 13.1. The molecule has 1 nitrogen and oxygen atoms in total. The van der Waals surface area contributed by atoms with Crippen molar-refractivity contribution in [3.05, 3.63) is 35.1 Å². The van der Waals surface area contributed by atoms with Crippen molar-refractivity contribution >= 4 is 0 Å². The van der Waals surface area contributed by atoms with Crippen LogP contribution in [0.3, 0.4) is 0 Å². The standard InChI is InChI=1S/C15H22FN/c1-11-9-13(16)7-8-14(11)15(17-2)10-12-5-3-4-6-12/h7-9,12,15,17H,3-6,10H2,1-2H3. The van der Waals surface area contributed by atoms with Gasteiger partial charge in [0, 0.05) is 6.04 Å². The third-order valence-electron chi connectivity index (χ3n) is 4.00. The smallest absolute Gasteiger partial charge is 0.123 e. The van der Waals surface area contributed by atoms with Crippen LogP contribution in [0, 0.1) is 18.7 Å². The molecule has 0 saturated heterocycles. The summed E-state index contributed by atoms with van der Waals surface area (Å²) < 4.78 is 13.1. The van der Waals surface area contributed by atoms with E-state index >= 15 is 0 Å². The highest BCUT2D eigenvalue weighted by Crippen LogP contribution is 2.33. The Labute approximate surface area is 103 Å². The summed E-state index contributed by atoms with van der Waals surface area (Å²) >= 11 is 0. The molecule has 1 aromatic rings. The molecule has 0 radical (unpaired) electrons. The van der Waals surface area contributed by atoms with Crippen LogP contribution in [0.25, 0.3) is 0 Å². The van der Waals surface area contributed by atoms with Crippen molar-refractivity contribution in [3.63, 3.8) is 0 Å². The second-order valence-corrected chi connectivity index (χ2v) is 5.23. The van der Waals surface area contributed by atoms with Gasteiger partial charge in [-0.15, -0.1) is 0 Å². The third-order valence-corrected chi connectivity index (χ3v) is 4.00. The quantitative estimate of drug-likeness (QED) is 0.832. The van der Waals surface area contributed by atoms with Crippen molar-refractivity contribution in [2.45, 2.75) is 45.1 Å². The van der Waals surface area contributed by atoms with Crippen LogP contribution in [0.4, 0.5) is 4.39 Å². The van der Waals surface area contributed by atoms with E-state index in [4.69, 9.17) is 0 Å². The molecule has 1 unspecified atom stereocenters. The molecule has 94 valence electrons. The molecule has 2 heteroatoms. The molecule has 0 aliphatic heterocycles. The molecule has 1 N–H and O–H groups in total. The van der Waals surface area contributed by atoms with Crippen LogP contribution >= 0.6 is 0 Å². The van der Waals surface area contributed by atoms with Gasteiger partial charge in [0.1, 0.15) is 5.82 Å². The zero-order valence-electron chi connectivity index (χ0n) is 10.8. The second-order valence-electron chi connectivity index (χ2n) is 5.23. The van der Waals surface area contributed by atoms with Gasteiger partial charge in [-0.25, -0.2) is 4.39 Å². The summed E-state index contributed by atoms with van der Waals surface area (Å²) in [5.41, 5.74) is 2.31. The van der Waals surface area contributed by atoms with Gasteiger partial charge in [-0.2, -0.15) is 0 Å². The molecule has 1 aliphatic carbocycles. The fraction of sp³-hybridized carbons (Fsp3) is 0.600. The number of hydrogen-bond donors (Lipinski definition) is 1. The van der Waals surface area contributed by atoms with Crippen LogP contribution < -0.4 is 5.32 Å². The molecule has 1 fully saturated rings. The van der Waals surface area contributed by atoms with Gasteiger partial charge in [-0.05, 0) is 49.6 Å². The first-order valence-corrected chi connectivity index (χ1v) is 6.64. The van der Waals surface area contributed by atoms with Crippen molar-refractivity contribution in [2.24, 2.45) is 5.92 Å². The normalized spacial score (nSPS) is 18.5. The average Bonchev–Trinajstić information content (AvgIpc) is 2.79. The van der Waals surface area contributed by atoms with Gasteiger partial charge < -0.3 is 5.32 Å². The summed E-state index contributed by atoms with van der Waals surface area (Å²) in [6.07, 6.45) is 6.66. The molecule has 0 heterocycles. The Morgan fingerprint density at radius 2 is 2.06 bits per heavy atom. The Morgan fingerprint density at radius 1 is 1.35 bits per heavy atom. The Balaban J connectivity index is 2.10. The van der Waals surface area contributed by atoms with E-state index in [1.54, 1.807) is 12.1 Å². The maximum Gasteiger partial charge on any atom is 0.123 e.